The molecular weight excluding hydrogens is 553 g/mol. The van der Waals surface area contributed by atoms with Gasteiger partial charge in [-0.2, -0.15) is 5.26 Å². The van der Waals surface area contributed by atoms with Gasteiger partial charge in [-0.3, -0.25) is 9.80 Å². The first-order valence-electron chi connectivity index (χ1n) is 14.5. The van der Waals surface area contributed by atoms with Gasteiger partial charge in [-0.15, -0.1) is 0 Å². The molecule has 42 heavy (non-hydrogen) atoms. The van der Waals surface area contributed by atoms with Gasteiger partial charge in [0.2, 0.25) is 0 Å². The summed E-state index contributed by atoms with van der Waals surface area (Å²) in [6.07, 6.45) is 7.49. The van der Waals surface area contributed by atoms with E-state index >= 15 is 0 Å². The number of benzene rings is 1. The molecule has 0 bridgehead atoms. The van der Waals surface area contributed by atoms with Crippen LogP contribution in [-0.2, 0) is 4.79 Å². The molecule has 5 heterocycles. The molecule has 9 nitrogen and oxygen atoms in total. The van der Waals surface area contributed by atoms with E-state index in [2.05, 4.69) is 52.3 Å². The molecule has 1 unspecified atom stereocenters. The van der Waals surface area contributed by atoms with Crippen molar-refractivity contribution in [2.75, 3.05) is 38.1 Å². The molecule has 2 aromatic rings. The molecule has 1 aromatic carbocycles. The van der Waals surface area contributed by atoms with Crippen molar-refractivity contribution in [3.63, 3.8) is 0 Å². The summed E-state index contributed by atoms with van der Waals surface area (Å²) < 4.78 is 13.6. The number of rotatable bonds is 6. The number of nitrogens with one attached hydrogen (secondary N) is 1. The van der Waals surface area contributed by atoms with Crippen molar-refractivity contribution in [2.45, 2.75) is 51.2 Å². The zero-order valence-electron chi connectivity index (χ0n) is 24.0. The number of thiazole rings is 1. The van der Waals surface area contributed by atoms with Crippen LogP contribution in [-0.4, -0.2) is 75.7 Å². The predicted molar refractivity (Wildman–Crippen MR) is 158 cm³/mol. The first kappa shape index (κ1) is 27.1. The minimum absolute atomic E-state index is 0.0528. The van der Waals surface area contributed by atoms with E-state index in [4.69, 9.17) is 4.98 Å². The zero-order chi connectivity index (χ0) is 29.4. The fraction of sp³-hybridized carbons (Fsp3) is 0.452. The summed E-state index contributed by atoms with van der Waals surface area (Å²) >= 11 is 1.33. The van der Waals surface area contributed by atoms with Gasteiger partial charge in [0.15, 0.2) is 5.13 Å². The summed E-state index contributed by atoms with van der Waals surface area (Å²) in [5.41, 5.74) is 8.28. The van der Waals surface area contributed by atoms with Crippen molar-refractivity contribution in [1.29, 1.82) is 5.26 Å². The third-order valence-electron chi connectivity index (χ3n) is 9.27. The van der Waals surface area contributed by atoms with Crippen LogP contribution in [0, 0.1) is 22.6 Å². The third-order valence-corrected chi connectivity index (χ3v) is 10.3. The fourth-order valence-electron chi connectivity index (χ4n) is 6.72. The van der Waals surface area contributed by atoms with Crippen molar-refractivity contribution in [2.24, 2.45) is 5.41 Å². The first-order valence-corrected chi connectivity index (χ1v) is 15.3. The number of allylic oxidation sites excluding steroid dienone is 3. The number of nitrogens with zero attached hydrogens (tertiary/aromatic N) is 6. The maximum atomic E-state index is 13.6. The Balaban J connectivity index is 1.17. The van der Waals surface area contributed by atoms with Gasteiger partial charge < -0.3 is 19.8 Å². The van der Waals surface area contributed by atoms with E-state index in [1.807, 2.05) is 11.9 Å². The maximum Gasteiger partial charge on any atom is 0.254 e. The Bertz CT molecular complexity index is 1590. The number of hydrogen-bond donors (Lipinski definition) is 2. The molecule has 1 spiro atoms. The zero-order valence-corrected chi connectivity index (χ0v) is 24.8. The summed E-state index contributed by atoms with van der Waals surface area (Å²) in [5.74, 6) is -0.425. The first-order chi connectivity index (χ1) is 20.1. The lowest BCUT2D eigenvalue weighted by atomic mass is 9.78. The molecule has 7 rings (SSSR count). The number of carbonyl (C=O) groups is 1. The van der Waals surface area contributed by atoms with Crippen LogP contribution in [0.5, 0.6) is 0 Å². The average molecular weight is 588 g/mol. The lowest BCUT2D eigenvalue weighted by molar-refractivity contribution is -0.154. The van der Waals surface area contributed by atoms with Crippen molar-refractivity contribution in [3.8, 4) is 17.3 Å². The Morgan fingerprint density at radius 2 is 1.98 bits per heavy atom. The van der Waals surface area contributed by atoms with Gasteiger partial charge >= 0.3 is 0 Å². The highest BCUT2D eigenvalue weighted by Crippen LogP contribution is 2.46. The molecule has 218 valence electrons. The van der Waals surface area contributed by atoms with Crippen LogP contribution in [0.15, 0.2) is 59.2 Å². The number of amides is 1. The summed E-state index contributed by atoms with van der Waals surface area (Å²) in [6, 6.07) is 8.41. The standard InChI is InChI=1S/C31H34FN7O2S/c1-4-23-27(36(3)29-34-26(25(15-33)42-29)20-5-7-21(32)8-6-20)24-14-22(13-19(2)39(24)35-23)37-12-11-30(16-37)17-38(18-30)28(40)31(41)9-10-31/h5-8,13-14,23,35,41H,4,9-12,16-18H2,1-3H3. The maximum absolute atomic E-state index is 13.6. The smallest absolute Gasteiger partial charge is 0.254 e. The van der Waals surface area contributed by atoms with E-state index in [-0.39, 0.29) is 23.2 Å². The minimum Gasteiger partial charge on any atom is -0.380 e. The number of fused-ring (bicyclic) bond motifs is 1. The van der Waals surface area contributed by atoms with Crippen molar-refractivity contribution in [3.05, 3.63) is 69.9 Å². The highest BCUT2D eigenvalue weighted by molar-refractivity contribution is 7.16. The molecule has 1 aliphatic carbocycles. The van der Waals surface area contributed by atoms with E-state index in [1.165, 1.54) is 23.5 Å². The van der Waals surface area contributed by atoms with Gasteiger partial charge in [-0.25, -0.2) is 14.8 Å². The number of halogens is 1. The third kappa shape index (κ3) is 4.32. The topological polar surface area (TPSA) is 99.0 Å². The summed E-state index contributed by atoms with van der Waals surface area (Å²) in [4.78, 5) is 24.3. The molecule has 4 aliphatic heterocycles. The van der Waals surface area contributed by atoms with Gasteiger partial charge in [0.25, 0.3) is 5.91 Å². The van der Waals surface area contributed by atoms with E-state index in [1.54, 1.807) is 12.1 Å². The predicted octanol–water partition coefficient (Wildman–Crippen LogP) is 3.93. The van der Waals surface area contributed by atoms with Gasteiger partial charge in [0.1, 0.15) is 28.1 Å². The normalized spacial score (nSPS) is 23.4. The minimum atomic E-state index is -1.10. The Kier molecular flexibility index (Phi) is 6.24. The monoisotopic (exact) mass is 587 g/mol. The molecule has 1 atom stereocenters. The van der Waals surface area contributed by atoms with Gasteiger partial charge in [0, 0.05) is 55.6 Å². The number of nitriles is 1. The highest BCUT2D eigenvalue weighted by atomic mass is 32.1. The molecule has 1 amide bonds. The molecule has 0 radical (unpaired) electrons. The number of aromatic nitrogens is 1. The second kappa shape index (κ2) is 9.66. The van der Waals surface area contributed by atoms with Crippen LogP contribution in [0.4, 0.5) is 9.52 Å². The Morgan fingerprint density at radius 3 is 2.64 bits per heavy atom. The lowest BCUT2D eigenvalue weighted by Gasteiger charge is -2.48. The Labute approximate surface area is 248 Å². The van der Waals surface area contributed by atoms with E-state index in [0.717, 1.165) is 48.7 Å². The average Bonchev–Trinajstić information content (AvgIpc) is 3.33. The number of hydrazine groups is 1. The van der Waals surface area contributed by atoms with Crippen LogP contribution < -0.4 is 10.3 Å². The van der Waals surface area contributed by atoms with Crippen LogP contribution >= 0.6 is 11.3 Å². The van der Waals surface area contributed by atoms with Crippen molar-refractivity contribution < 1.29 is 14.3 Å². The molecule has 5 aliphatic rings. The van der Waals surface area contributed by atoms with Crippen LogP contribution in [0.25, 0.3) is 11.3 Å². The number of carbonyl (C=O) groups excluding carboxylic acids is 1. The summed E-state index contributed by atoms with van der Waals surface area (Å²) in [5, 5.41) is 23.0. The van der Waals surface area contributed by atoms with Gasteiger partial charge in [-0.05, 0) is 69.0 Å². The number of hydrogen-bond acceptors (Lipinski definition) is 9. The van der Waals surface area contributed by atoms with Crippen LogP contribution in [0.3, 0.4) is 0 Å². The van der Waals surface area contributed by atoms with E-state index in [9.17, 15) is 19.6 Å². The fourth-order valence-corrected chi connectivity index (χ4v) is 7.59. The van der Waals surface area contributed by atoms with E-state index in [0.29, 0.717) is 47.2 Å². The molecular formula is C31H34FN7O2S. The van der Waals surface area contributed by atoms with Crippen LogP contribution in [0.1, 0.15) is 44.4 Å². The molecule has 2 N–H and O–H groups in total. The molecule has 1 saturated carbocycles. The largest absolute Gasteiger partial charge is 0.380 e. The number of likely N-dealkylation sites (tertiary alicyclic amines) is 2. The molecule has 11 heteroatoms. The van der Waals surface area contributed by atoms with Crippen molar-refractivity contribution >= 4 is 22.4 Å². The quantitative estimate of drug-likeness (QED) is 0.525. The SMILES string of the molecule is CCC1NN2C(C)=CC(N3CCC4(CN(C(=O)C5(O)CC5)C4)C3)=CC2=C1N(C)c1nc(-c2ccc(F)cc2)c(C#N)s1. The Morgan fingerprint density at radius 1 is 1.24 bits per heavy atom. The number of likely N-dealkylation sites (N-methyl/N-ethyl adjacent to an activating group) is 1. The molecule has 1 aromatic heterocycles. The lowest BCUT2D eigenvalue weighted by Crippen LogP contribution is -2.61. The van der Waals surface area contributed by atoms with Gasteiger partial charge in [0.05, 0.1) is 17.4 Å². The summed E-state index contributed by atoms with van der Waals surface area (Å²) in [7, 11) is 1.99. The number of anilines is 1. The second-order valence-electron chi connectivity index (χ2n) is 12.3. The second-order valence-corrected chi connectivity index (χ2v) is 13.2. The highest BCUT2D eigenvalue weighted by Gasteiger charge is 2.57. The number of aliphatic hydroxyl groups is 1. The van der Waals surface area contributed by atoms with Gasteiger partial charge in [-0.1, -0.05) is 18.3 Å². The molecule has 2 saturated heterocycles. The summed E-state index contributed by atoms with van der Waals surface area (Å²) in [6.45, 7) is 7.48. The van der Waals surface area contributed by atoms with E-state index < -0.39 is 5.60 Å². The van der Waals surface area contributed by atoms with Crippen LogP contribution in [0.2, 0.25) is 0 Å². The molecule has 3 fully saturated rings. The Hall–Kier alpha value is -3.72. The van der Waals surface area contributed by atoms with Crippen molar-refractivity contribution in [1.82, 2.24) is 25.2 Å².